The molecule has 0 atom stereocenters. The number of anilines is 1. The zero-order valence-corrected chi connectivity index (χ0v) is 13.8. The summed E-state index contributed by atoms with van der Waals surface area (Å²) in [5.74, 6) is 1.35. The highest BCUT2D eigenvalue weighted by Crippen LogP contribution is 2.27. The highest BCUT2D eigenvalue weighted by atomic mass is 35.5. The second-order valence-electron chi connectivity index (χ2n) is 4.83. The maximum atomic E-state index is 12.0. The Balaban J connectivity index is 1.87. The summed E-state index contributed by atoms with van der Waals surface area (Å²) >= 11 is 5.93. The van der Waals surface area contributed by atoms with Crippen LogP contribution in [0.3, 0.4) is 0 Å². The maximum absolute atomic E-state index is 12.0. The van der Waals surface area contributed by atoms with Crippen molar-refractivity contribution in [1.82, 2.24) is 5.32 Å². The molecule has 0 spiro atoms. The van der Waals surface area contributed by atoms with E-state index in [0.29, 0.717) is 29.4 Å². The van der Waals surface area contributed by atoms with Gasteiger partial charge < -0.3 is 20.1 Å². The molecule has 2 rings (SSSR count). The van der Waals surface area contributed by atoms with E-state index in [1.807, 2.05) is 24.3 Å². The molecule has 2 N–H and O–H groups in total. The van der Waals surface area contributed by atoms with Crippen LogP contribution in [0.1, 0.15) is 5.56 Å². The van der Waals surface area contributed by atoms with E-state index in [1.165, 1.54) is 7.11 Å². The van der Waals surface area contributed by atoms with Gasteiger partial charge in [-0.2, -0.15) is 0 Å². The van der Waals surface area contributed by atoms with E-state index < -0.39 is 0 Å². The molecule has 122 valence electrons. The minimum atomic E-state index is -0.312. The predicted molar refractivity (Wildman–Crippen MR) is 91.7 cm³/mol. The van der Waals surface area contributed by atoms with Crippen molar-refractivity contribution in [2.45, 2.75) is 6.42 Å². The number of carbonyl (C=O) groups excluding carboxylic acids is 1. The Morgan fingerprint density at radius 3 is 2.70 bits per heavy atom. The fraction of sp³-hybridized carbons (Fsp3) is 0.235. The molecule has 0 bridgehead atoms. The van der Waals surface area contributed by atoms with Crippen molar-refractivity contribution in [3.8, 4) is 11.5 Å². The second-order valence-corrected chi connectivity index (χ2v) is 5.26. The van der Waals surface area contributed by atoms with E-state index in [1.54, 1.807) is 25.3 Å². The number of nitrogens with one attached hydrogen (secondary N) is 2. The van der Waals surface area contributed by atoms with Crippen LogP contribution in [0.2, 0.25) is 5.02 Å². The molecule has 5 nitrogen and oxygen atoms in total. The van der Waals surface area contributed by atoms with Gasteiger partial charge in [-0.3, -0.25) is 0 Å². The molecular weight excluding hydrogens is 316 g/mol. The van der Waals surface area contributed by atoms with Crippen molar-refractivity contribution in [2.75, 3.05) is 26.1 Å². The lowest BCUT2D eigenvalue weighted by atomic mass is 10.1. The monoisotopic (exact) mass is 334 g/mol. The summed E-state index contributed by atoms with van der Waals surface area (Å²) in [6.45, 7) is 0.502. The Bertz CT molecular complexity index is 677. The van der Waals surface area contributed by atoms with Crippen molar-refractivity contribution >= 4 is 23.3 Å². The average Bonchev–Trinajstić information content (AvgIpc) is 2.55. The molecule has 0 saturated heterocycles. The van der Waals surface area contributed by atoms with Crippen molar-refractivity contribution in [3.63, 3.8) is 0 Å². The zero-order chi connectivity index (χ0) is 16.7. The summed E-state index contributed by atoms with van der Waals surface area (Å²) in [5.41, 5.74) is 1.61. The Morgan fingerprint density at radius 2 is 1.96 bits per heavy atom. The van der Waals surface area contributed by atoms with Crippen molar-refractivity contribution < 1.29 is 14.3 Å². The Kier molecular flexibility index (Phi) is 6.11. The number of methoxy groups -OCH3 is 2. The zero-order valence-electron chi connectivity index (χ0n) is 13.1. The SMILES string of the molecule is COc1cccc(CCNC(=O)Nc2cc(Cl)ccc2OC)c1. The van der Waals surface area contributed by atoms with E-state index in [9.17, 15) is 4.79 Å². The third-order valence-corrected chi connectivity index (χ3v) is 3.48. The molecule has 2 amide bonds. The molecule has 6 heteroatoms. The van der Waals surface area contributed by atoms with E-state index in [4.69, 9.17) is 21.1 Å². The normalized spacial score (nSPS) is 10.0. The molecule has 23 heavy (non-hydrogen) atoms. The number of amides is 2. The number of hydrogen-bond acceptors (Lipinski definition) is 3. The van der Waals surface area contributed by atoms with Gasteiger partial charge in [0.25, 0.3) is 0 Å². The first-order valence-electron chi connectivity index (χ1n) is 7.13. The van der Waals surface area contributed by atoms with Crippen LogP contribution in [-0.4, -0.2) is 26.8 Å². The molecule has 2 aromatic carbocycles. The molecular formula is C17H19ClN2O3. The summed E-state index contributed by atoms with van der Waals surface area (Å²) in [4.78, 5) is 12.0. The number of rotatable bonds is 6. The topological polar surface area (TPSA) is 59.6 Å². The van der Waals surface area contributed by atoms with Gasteiger partial charge in [-0.15, -0.1) is 0 Å². The molecule has 0 saturated carbocycles. The van der Waals surface area contributed by atoms with Crippen LogP contribution < -0.4 is 20.1 Å². The molecule has 0 radical (unpaired) electrons. The van der Waals surface area contributed by atoms with Gasteiger partial charge in [0.1, 0.15) is 11.5 Å². The average molecular weight is 335 g/mol. The lowest BCUT2D eigenvalue weighted by molar-refractivity contribution is 0.252. The number of urea groups is 1. The largest absolute Gasteiger partial charge is 0.497 e. The van der Waals surface area contributed by atoms with Crippen molar-refractivity contribution in [3.05, 3.63) is 53.1 Å². The number of halogens is 1. The fourth-order valence-electron chi connectivity index (χ4n) is 2.09. The quantitative estimate of drug-likeness (QED) is 0.846. The van der Waals surface area contributed by atoms with E-state index in [-0.39, 0.29) is 6.03 Å². The Morgan fingerprint density at radius 1 is 1.13 bits per heavy atom. The molecule has 0 fully saturated rings. The molecule has 0 aliphatic rings. The summed E-state index contributed by atoms with van der Waals surface area (Å²) in [6.07, 6.45) is 0.706. The lowest BCUT2D eigenvalue weighted by Gasteiger charge is -2.11. The van der Waals surface area contributed by atoms with Gasteiger partial charge in [0, 0.05) is 11.6 Å². The van der Waals surface area contributed by atoms with E-state index in [2.05, 4.69) is 10.6 Å². The lowest BCUT2D eigenvalue weighted by Crippen LogP contribution is -2.30. The molecule has 0 aromatic heterocycles. The molecule has 0 aliphatic carbocycles. The summed E-state index contributed by atoms with van der Waals surface area (Å²) in [6, 6.07) is 12.5. The maximum Gasteiger partial charge on any atom is 0.319 e. The third-order valence-electron chi connectivity index (χ3n) is 3.24. The fourth-order valence-corrected chi connectivity index (χ4v) is 2.26. The van der Waals surface area contributed by atoms with Crippen LogP contribution in [0.15, 0.2) is 42.5 Å². The number of carbonyl (C=O) groups is 1. The van der Waals surface area contributed by atoms with Crippen LogP contribution in [0.4, 0.5) is 10.5 Å². The second kappa shape index (κ2) is 8.29. The van der Waals surface area contributed by atoms with Gasteiger partial charge in [0.2, 0.25) is 0 Å². The van der Waals surface area contributed by atoms with Gasteiger partial charge in [0.05, 0.1) is 19.9 Å². The van der Waals surface area contributed by atoms with Crippen LogP contribution in [0, 0.1) is 0 Å². The van der Waals surface area contributed by atoms with Crippen LogP contribution in [-0.2, 0) is 6.42 Å². The summed E-state index contributed by atoms with van der Waals surface area (Å²) in [5, 5.41) is 6.05. The third kappa shape index (κ3) is 5.07. The molecule has 0 unspecified atom stereocenters. The van der Waals surface area contributed by atoms with Crippen molar-refractivity contribution in [2.24, 2.45) is 0 Å². The smallest absolute Gasteiger partial charge is 0.319 e. The highest BCUT2D eigenvalue weighted by Gasteiger charge is 2.08. The predicted octanol–water partition coefficient (Wildman–Crippen LogP) is 3.72. The van der Waals surface area contributed by atoms with E-state index >= 15 is 0 Å². The molecule has 0 heterocycles. The molecule has 2 aromatic rings. The first-order chi connectivity index (χ1) is 11.1. The minimum Gasteiger partial charge on any atom is -0.497 e. The van der Waals surface area contributed by atoms with E-state index in [0.717, 1.165) is 11.3 Å². The number of hydrogen-bond donors (Lipinski definition) is 2. The number of ether oxygens (including phenoxy) is 2. The van der Waals surface area contributed by atoms with Gasteiger partial charge in [-0.1, -0.05) is 23.7 Å². The first kappa shape index (κ1) is 17.0. The minimum absolute atomic E-state index is 0.312. The van der Waals surface area contributed by atoms with Gasteiger partial charge in [-0.05, 0) is 42.3 Å². The van der Waals surface area contributed by atoms with Gasteiger partial charge in [-0.25, -0.2) is 4.79 Å². The van der Waals surface area contributed by atoms with Gasteiger partial charge >= 0.3 is 6.03 Å². The van der Waals surface area contributed by atoms with Crippen molar-refractivity contribution in [1.29, 1.82) is 0 Å². The molecule has 0 aliphatic heterocycles. The summed E-state index contributed by atoms with van der Waals surface area (Å²) in [7, 11) is 3.16. The standard InChI is InChI=1S/C17H19ClN2O3/c1-22-14-5-3-4-12(10-14)8-9-19-17(21)20-15-11-13(18)6-7-16(15)23-2/h3-7,10-11H,8-9H2,1-2H3,(H2,19,20,21). The Hall–Kier alpha value is -2.40. The highest BCUT2D eigenvalue weighted by molar-refractivity contribution is 6.31. The Labute approximate surface area is 140 Å². The number of benzene rings is 2. The van der Waals surface area contributed by atoms with Crippen LogP contribution in [0.25, 0.3) is 0 Å². The van der Waals surface area contributed by atoms with Gasteiger partial charge in [0.15, 0.2) is 0 Å². The van der Waals surface area contributed by atoms with Crippen LogP contribution in [0.5, 0.6) is 11.5 Å². The van der Waals surface area contributed by atoms with Crippen LogP contribution >= 0.6 is 11.6 Å². The first-order valence-corrected chi connectivity index (χ1v) is 7.51. The summed E-state index contributed by atoms with van der Waals surface area (Å²) < 4.78 is 10.4.